The number of aromatic nitrogens is 3. The van der Waals surface area contributed by atoms with Gasteiger partial charge in [0.05, 0.1) is 16.2 Å². The lowest BCUT2D eigenvalue weighted by atomic mass is 9.81. The molecule has 1 unspecified atom stereocenters. The van der Waals surface area contributed by atoms with Crippen LogP contribution in [0.4, 0.5) is 5.69 Å². The van der Waals surface area contributed by atoms with Crippen molar-refractivity contribution in [2.24, 2.45) is 0 Å². The Kier molecular flexibility index (Phi) is 7.36. The minimum atomic E-state index is -1.20. The maximum Gasteiger partial charge on any atom is 0.159 e. The SMILES string of the molecule is CC(CC(O)(c1ccccc1)c1ccccc1)Nc1c(Cl)cnc2ccc(-c3cnc(C(C)(C)O)nc3)cc12. The van der Waals surface area contributed by atoms with Crippen LogP contribution in [0.3, 0.4) is 0 Å². The predicted octanol–water partition coefficient (Wildman–Crippen LogP) is 6.70. The van der Waals surface area contributed by atoms with Crippen LogP contribution in [0, 0.1) is 0 Å². The summed E-state index contributed by atoms with van der Waals surface area (Å²) in [5.74, 6) is 0.359. The van der Waals surface area contributed by atoms with Crippen molar-refractivity contribution in [3.63, 3.8) is 0 Å². The maximum absolute atomic E-state index is 12.0. The number of anilines is 1. The zero-order valence-corrected chi connectivity index (χ0v) is 22.9. The summed E-state index contributed by atoms with van der Waals surface area (Å²) < 4.78 is 0. The van der Waals surface area contributed by atoms with Crippen molar-refractivity contribution in [3.8, 4) is 11.1 Å². The quantitative estimate of drug-likeness (QED) is 0.204. The Labute approximate surface area is 233 Å². The van der Waals surface area contributed by atoms with Gasteiger partial charge in [-0.25, -0.2) is 9.97 Å². The molecule has 5 rings (SSSR count). The van der Waals surface area contributed by atoms with Crippen LogP contribution in [0.2, 0.25) is 5.02 Å². The summed E-state index contributed by atoms with van der Waals surface area (Å²) in [5, 5.41) is 27.1. The predicted molar refractivity (Wildman–Crippen MR) is 157 cm³/mol. The molecule has 2 heterocycles. The standard InChI is InChI=1S/C32H31ClN4O2/c1-21(17-32(39,24-10-6-4-7-11-24)25-12-8-5-9-13-25)37-29-26-16-22(14-15-28(26)34-20-27(29)33)23-18-35-30(36-19-23)31(2,3)38/h4-16,18-21,38-39H,17H2,1-3H3,(H,34,37). The smallest absolute Gasteiger partial charge is 0.159 e. The fourth-order valence-electron chi connectivity index (χ4n) is 4.86. The first kappa shape index (κ1) is 26.8. The number of aliphatic hydroxyl groups is 2. The summed E-state index contributed by atoms with van der Waals surface area (Å²) in [6.07, 6.45) is 5.46. The molecule has 198 valence electrons. The second-order valence-electron chi connectivity index (χ2n) is 10.4. The van der Waals surface area contributed by atoms with E-state index < -0.39 is 11.2 Å². The highest BCUT2D eigenvalue weighted by Gasteiger charge is 2.33. The van der Waals surface area contributed by atoms with E-state index in [4.69, 9.17) is 11.6 Å². The Morgan fingerprint density at radius 2 is 1.38 bits per heavy atom. The first-order valence-electron chi connectivity index (χ1n) is 12.9. The second kappa shape index (κ2) is 10.7. The molecular weight excluding hydrogens is 508 g/mol. The topological polar surface area (TPSA) is 91.2 Å². The summed E-state index contributed by atoms with van der Waals surface area (Å²) in [4.78, 5) is 13.2. The van der Waals surface area contributed by atoms with Crippen molar-refractivity contribution in [2.75, 3.05) is 5.32 Å². The molecule has 0 amide bonds. The fraction of sp³-hybridized carbons (Fsp3) is 0.219. The Hall–Kier alpha value is -3.84. The Morgan fingerprint density at radius 1 is 0.795 bits per heavy atom. The van der Waals surface area contributed by atoms with Crippen LogP contribution < -0.4 is 5.32 Å². The highest BCUT2D eigenvalue weighted by atomic mass is 35.5. The number of rotatable bonds is 8. The van der Waals surface area contributed by atoms with Gasteiger partial charge in [-0.3, -0.25) is 4.98 Å². The molecule has 2 aromatic heterocycles. The summed E-state index contributed by atoms with van der Waals surface area (Å²) in [6, 6.07) is 25.2. The Bertz CT molecular complexity index is 1530. The first-order valence-corrected chi connectivity index (χ1v) is 13.3. The van der Waals surface area contributed by atoms with Crippen LogP contribution in [0.5, 0.6) is 0 Å². The van der Waals surface area contributed by atoms with Crippen molar-refractivity contribution in [2.45, 2.75) is 44.4 Å². The number of halogens is 1. The van der Waals surface area contributed by atoms with Crippen molar-refractivity contribution in [3.05, 3.63) is 119 Å². The van der Waals surface area contributed by atoms with Crippen LogP contribution in [0.25, 0.3) is 22.0 Å². The van der Waals surface area contributed by atoms with Crippen molar-refractivity contribution < 1.29 is 10.2 Å². The number of hydrogen-bond acceptors (Lipinski definition) is 6. The van der Waals surface area contributed by atoms with Gasteiger partial charge in [0.2, 0.25) is 0 Å². The van der Waals surface area contributed by atoms with Gasteiger partial charge in [0.15, 0.2) is 5.82 Å². The molecule has 0 aliphatic rings. The van der Waals surface area contributed by atoms with Crippen LogP contribution in [0.1, 0.15) is 44.1 Å². The van der Waals surface area contributed by atoms with E-state index in [0.717, 1.165) is 38.8 Å². The molecule has 1 atom stereocenters. The van der Waals surface area contributed by atoms with E-state index in [9.17, 15) is 10.2 Å². The summed E-state index contributed by atoms with van der Waals surface area (Å²) in [5.41, 5.74) is 2.57. The van der Waals surface area contributed by atoms with Crippen molar-refractivity contribution in [1.29, 1.82) is 0 Å². The molecule has 5 aromatic rings. The number of hydrogen-bond donors (Lipinski definition) is 3. The zero-order valence-electron chi connectivity index (χ0n) is 22.1. The average Bonchev–Trinajstić information content (AvgIpc) is 2.95. The largest absolute Gasteiger partial charge is 0.382 e. The van der Waals surface area contributed by atoms with Crippen LogP contribution >= 0.6 is 11.6 Å². The average molecular weight is 539 g/mol. The van der Waals surface area contributed by atoms with Gasteiger partial charge in [-0.05, 0) is 49.6 Å². The third kappa shape index (κ3) is 5.64. The molecule has 3 N–H and O–H groups in total. The molecular formula is C32H31ClN4O2. The van der Waals surface area contributed by atoms with E-state index in [1.807, 2.05) is 85.8 Å². The molecule has 0 saturated carbocycles. The van der Waals surface area contributed by atoms with Gasteiger partial charge in [-0.15, -0.1) is 0 Å². The van der Waals surface area contributed by atoms with Gasteiger partial charge in [0.1, 0.15) is 11.2 Å². The fourth-order valence-corrected chi connectivity index (χ4v) is 5.06. The lowest BCUT2D eigenvalue weighted by Crippen LogP contribution is -2.34. The minimum Gasteiger partial charge on any atom is -0.382 e. The van der Waals surface area contributed by atoms with Gasteiger partial charge in [-0.2, -0.15) is 0 Å². The van der Waals surface area contributed by atoms with Gasteiger partial charge >= 0.3 is 0 Å². The van der Waals surface area contributed by atoms with E-state index >= 15 is 0 Å². The Balaban J connectivity index is 1.49. The van der Waals surface area contributed by atoms with Gasteiger partial charge in [0, 0.05) is 42.0 Å². The minimum absolute atomic E-state index is 0.156. The number of nitrogens with zero attached hydrogens (tertiary/aromatic N) is 3. The zero-order chi connectivity index (χ0) is 27.6. The summed E-state index contributed by atoms with van der Waals surface area (Å²) >= 11 is 6.68. The van der Waals surface area contributed by atoms with Crippen LogP contribution in [0.15, 0.2) is 97.5 Å². The van der Waals surface area contributed by atoms with Crippen molar-refractivity contribution >= 4 is 28.2 Å². The molecule has 0 spiro atoms. The summed E-state index contributed by atoms with van der Waals surface area (Å²) in [7, 11) is 0. The molecule has 7 heteroatoms. The van der Waals surface area contributed by atoms with E-state index in [1.165, 1.54) is 0 Å². The normalized spacial score (nSPS) is 12.9. The number of benzene rings is 3. The number of nitrogens with one attached hydrogen (secondary N) is 1. The molecule has 0 aliphatic carbocycles. The van der Waals surface area contributed by atoms with Crippen LogP contribution in [-0.4, -0.2) is 31.2 Å². The number of fused-ring (bicyclic) bond motifs is 1. The molecule has 0 bridgehead atoms. The van der Waals surface area contributed by atoms with Crippen LogP contribution in [-0.2, 0) is 11.2 Å². The highest BCUT2D eigenvalue weighted by Crippen LogP contribution is 2.37. The molecule has 3 aromatic carbocycles. The highest BCUT2D eigenvalue weighted by molar-refractivity contribution is 6.34. The molecule has 0 aliphatic heterocycles. The van der Waals surface area contributed by atoms with Crippen molar-refractivity contribution in [1.82, 2.24) is 15.0 Å². The molecule has 6 nitrogen and oxygen atoms in total. The molecule has 0 radical (unpaired) electrons. The third-order valence-electron chi connectivity index (χ3n) is 6.85. The second-order valence-corrected chi connectivity index (χ2v) is 10.8. The monoisotopic (exact) mass is 538 g/mol. The molecule has 0 saturated heterocycles. The lowest BCUT2D eigenvalue weighted by Gasteiger charge is -2.33. The maximum atomic E-state index is 12.0. The van der Waals surface area contributed by atoms with E-state index in [1.54, 1.807) is 32.4 Å². The van der Waals surface area contributed by atoms with Gasteiger partial charge < -0.3 is 15.5 Å². The van der Waals surface area contributed by atoms with Gasteiger partial charge in [0.25, 0.3) is 0 Å². The Morgan fingerprint density at radius 3 is 1.95 bits per heavy atom. The van der Waals surface area contributed by atoms with Gasteiger partial charge in [-0.1, -0.05) is 78.3 Å². The number of pyridine rings is 1. The first-order chi connectivity index (χ1) is 18.6. The summed E-state index contributed by atoms with van der Waals surface area (Å²) in [6.45, 7) is 5.34. The molecule has 39 heavy (non-hydrogen) atoms. The van der Waals surface area contributed by atoms with E-state index in [0.29, 0.717) is 17.3 Å². The van der Waals surface area contributed by atoms with E-state index in [2.05, 4.69) is 20.3 Å². The molecule has 0 fully saturated rings. The third-order valence-corrected chi connectivity index (χ3v) is 7.14. The lowest BCUT2D eigenvalue weighted by molar-refractivity contribution is 0.0670. The van der Waals surface area contributed by atoms with E-state index in [-0.39, 0.29) is 6.04 Å².